The lowest BCUT2D eigenvalue weighted by atomic mass is 10.0. The molecule has 6 aromatic rings. The standard InChI is InChI=1S/C26H17N5O4/c1-14-7-9-17(10-8-14)31-26-28-22-21(24(33)30(26)23(29-31)15(2)32)18(11-12-27-22)19-13-16-5-3-4-6-20(16)35-25(19)34/h3-13H,1-2H3. The van der Waals surface area contributed by atoms with Crippen LogP contribution in [-0.4, -0.2) is 29.9 Å². The maximum Gasteiger partial charge on any atom is 0.344 e. The van der Waals surface area contributed by atoms with Crippen LogP contribution in [0.4, 0.5) is 0 Å². The highest BCUT2D eigenvalue weighted by molar-refractivity contribution is 5.96. The molecule has 9 nitrogen and oxygen atoms in total. The molecule has 2 aromatic carbocycles. The molecule has 0 aliphatic heterocycles. The van der Waals surface area contributed by atoms with E-state index in [1.54, 1.807) is 24.3 Å². The van der Waals surface area contributed by atoms with Gasteiger partial charge in [-0.1, -0.05) is 35.9 Å². The molecule has 0 saturated carbocycles. The monoisotopic (exact) mass is 463 g/mol. The summed E-state index contributed by atoms with van der Waals surface area (Å²) in [7, 11) is 0. The van der Waals surface area contributed by atoms with E-state index in [0.29, 0.717) is 22.2 Å². The average Bonchev–Trinajstić information content (AvgIpc) is 3.24. The second-order valence-corrected chi connectivity index (χ2v) is 8.22. The summed E-state index contributed by atoms with van der Waals surface area (Å²) in [5, 5.41) is 5.20. The maximum absolute atomic E-state index is 13.8. The Bertz CT molecular complexity index is 1930. The van der Waals surface area contributed by atoms with Gasteiger partial charge >= 0.3 is 5.63 Å². The van der Waals surface area contributed by atoms with Crippen molar-refractivity contribution in [3.8, 4) is 16.8 Å². The number of carbonyl (C=O) groups is 1. The van der Waals surface area contributed by atoms with E-state index in [1.807, 2.05) is 43.3 Å². The van der Waals surface area contributed by atoms with Gasteiger partial charge in [0.25, 0.3) is 5.56 Å². The van der Waals surface area contributed by atoms with Crippen LogP contribution in [0.3, 0.4) is 0 Å². The van der Waals surface area contributed by atoms with Gasteiger partial charge in [-0.3, -0.25) is 9.59 Å². The fraction of sp³-hybridized carbons (Fsp3) is 0.0769. The summed E-state index contributed by atoms with van der Waals surface area (Å²) >= 11 is 0. The zero-order valence-corrected chi connectivity index (χ0v) is 18.7. The van der Waals surface area contributed by atoms with Crippen molar-refractivity contribution in [3.63, 3.8) is 0 Å². The molecule has 4 heterocycles. The molecule has 6 rings (SSSR count). The van der Waals surface area contributed by atoms with Crippen molar-refractivity contribution in [1.29, 1.82) is 0 Å². The minimum Gasteiger partial charge on any atom is -0.422 e. The number of rotatable bonds is 3. The third kappa shape index (κ3) is 3.17. The predicted octanol–water partition coefficient (Wildman–Crippen LogP) is 3.71. The van der Waals surface area contributed by atoms with Crippen molar-refractivity contribution in [2.24, 2.45) is 0 Å². The smallest absolute Gasteiger partial charge is 0.344 e. The Labute approximate surface area is 196 Å². The first-order valence-corrected chi connectivity index (χ1v) is 10.8. The van der Waals surface area contributed by atoms with Crippen LogP contribution >= 0.6 is 0 Å². The van der Waals surface area contributed by atoms with Gasteiger partial charge in [0.05, 0.1) is 16.6 Å². The number of ketones is 1. The highest BCUT2D eigenvalue weighted by atomic mass is 16.4. The van der Waals surface area contributed by atoms with Gasteiger partial charge in [-0.25, -0.2) is 14.2 Å². The number of hydrogen-bond donors (Lipinski definition) is 0. The Balaban J connectivity index is 1.72. The number of fused-ring (bicyclic) bond motifs is 3. The molecule has 0 amide bonds. The van der Waals surface area contributed by atoms with E-state index in [0.717, 1.165) is 5.56 Å². The minimum absolute atomic E-state index is 0.0691. The summed E-state index contributed by atoms with van der Waals surface area (Å²) in [5.41, 5.74) is 1.63. The van der Waals surface area contributed by atoms with E-state index in [2.05, 4.69) is 15.1 Å². The van der Waals surface area contributed by atoms with Crippen LogP contribution in [0.2, 0.25) is 0 Å². The molecular weight excluding hydrogens is 446 g/mol. The van der Waals surface area contributed by atoms with Crippen molar-refractivity contribution in [1.82, 2.24) is 24.1 Å². The average molecular weight is 463 g/mol. The first-order valence-electron chi connectivity index (χ1n) is 10.8. The molecule has 0 fully saturated rings. The quantitative estimate of drug-likeness (QED) is 0.290. The molecule has 35 heavy (non-hydrogen) atoms. The van der Waals surface area contributed by atoms with Crippen LogP contribution in [-0.2, 0) is 0 Å². The molecule has 0 bridgehead atoms. The van der Waals surface area contributed by atoms with Crippen LogP contribution < -0.4 is 11.2 Å². The number of pyridine rings is 1. The van der Waals surface area contributed by atoms with Crippen LogP contribution in [0.15, 0.2) is 80.9 Å². The molecule has 0 unspecified atom stereocenters. The molecule has 0 saturated heterocycles. The second-order valence-electron chi connectivity index (χ2n) is 8.22. The van der Waals surface area contributed by atoms with E-state index in [-0.39, 0.29) is 28.2 Å². The molecule has 0 spiro atoms. The number of para-hydroxylation sites is 1. The van der Waals surface area contributed by atoms with E-state index in [4.69, 9.17) is 4.42 Å². The minimum atomic E-state index is -0.595. The summed E-state index contributed by atoms with van der Waals surface area (Å²) in [6.07, 6.45) is 1.48. The third-order valence-electron chi connectivity index (χ3n) is 5.87. The third-order valence-corrected chi connectivity index (χ3v) is 5.87. The first-order chi connectivity index (χ1) is 16.9. The van der Waals surface area contributed by atoms with Gasteiger partial charge in [0, 0.05) is 24.1 Å². The lowest BCUT2D eigenvalue weighted by Gasteiger charge is -2.07. The Morgan fingerprint density at radius 1 is 0.971 bits per heavy atom. The van der Waals surface area contributed by atoms with Crippen molar-refractivity contribution in [2.75, 3.05) is 0 Å². The number of benzene rings is 2. The highest BCUT2D eigenvalue weighted by Gasteiger charge is 2.23. The number of aromatic nitrogens is 5. The zero-order valence-electron chi connectivity index (χ0n) is 18.7. The summed E-state index contributed by atoms with van der Waals surface area (Å²) in [5.74, 6) is -0.327. The van der Waals surface area contributed by atoms with Crippen molar-refractivity contribution < 1.29 is 9.21 Å². The first kappa shape index (κ1) is 20.7. The summed E-state index contributed by atoms with van der Waals surface area (Å²) in [4.78, 5) is 48.0. The Kier molecular flexibility index (Phi) is 4.46. The van der Waals surface area contributed by atoms with Gasteiger partial charge in [-0.05, 0) is 37.3 Å². The van der Waals surface area contributed by atoms with Gasteiger partial charge in [0.1, 0.15) is 5.58 Å². The SMILES string of the molecule is CC(=O)c1nn(-c2ccc(C)cc2)c2nc3nccc(-c4cc5ccccc5oc4=O)c3c(=O)n12. The number of hydrogen-bond acceptors (Lipinski definition) is 7. The largest absolute Gasteiger partial charge is 0.422 e. The van der Waals surface area contributed by atoms with Crippen molar-refractivity contribution in [2.45, 2.75) is 13.8 Å². The van der Waals surface area contributed by atoms with Gasteiger partial charge in [-0.2, -0.15) is 9.67 Å². The Hall–Kier alpha value is -4.92. The molecule has 170 valence electrons. The zero-order chi connectivity index (χ0) is 24.3. The van der Waals surface area contributed by atoms with Crippen molar-refractivity contribution >= 4 is 33.6 Å². The highest BCUT2D eigenvalue weighted by Crippen LogP contribution is 2.26. The van der Waals surface area contributed by atoms with Gasteiger partial charge in [0.15, 0.2) is 11.4 Å². The van der Waals surface area contributed by atoms with E-state index >= 15 is 0 Å². The summed E-state index contributed by atoms with van der Waals surface area (Å²) in [6, 6.07) is 17.8. The fourth-order valence-electron chi connectivity index (χ4n) is 4.17. The molecule has 0 aliphatic rings. The van der Waals surface area contributed by atoms with Crippen LogP contribution in [0.25, 0.3) is 44.6 Å². The summed E-state index contributed by atoms with van der Waals surface area (Å²) in [6.45, 7) is 3.29. The van der Waals surface area contributed by atoms with Crippen LogP contribution in [0.5, 0.6) is 0 Å². The van der Waals surface area contributed by atoms with E-state index in [9.17, 15) is 14.4 Å². The number of Topliss-reactive ketones (excluding diaryl/α,β-unsaturated/α-hetero) is 1. The number of aryl methyl sites for hydroxylation is 1. The lowest BCUT2D eigenvalue weighted by Crippen LogP contribution is -2.20. The molecule has 0 radical (unpaired) electrons. The maximum atomic E-state index is 13.8. The predicted molar refractivity (Wildman–Crippen MR) is 130 cm³/mol. The molecular formula is C26H17N5O4. The van der Waals surface area contributed by atoms with Gasteiger partial charge < -0.3 is 4.42 Å². The van der Waals surface area contributed by atoms with Crippen LogP contribution in [0, 0.1) is 6.92 Å². The van der Waals surface area contributed by atoms with Crippen LogP contribution in [0.1, 0.15) is 23.1 Å². The number of carbonyl (C=O) groups excluding carboxylic acids is 1. The topological polar surface area (TPSA) is 112 Å². The normalized spacial score (nSPS) is 11.5. The Morgan fingerprint density at radius 2 is 1.74 bits per heavy atom. The molecule has 0 atom stereocenters. The molecule has 4 aromatic heterocycles. The molecule has 9 heteroatoms. The Morgan fingerprint density at radius 3 is 2.51 bits per heavy atom. The van der Waals surface area contributed by atoms with E-state index < -0.39 is 17.0 Å². The summed E-state index contributed by atoms with van der Waals surface area (Å²) < 4.78 is 8.09. The van der Waals surface area contributed by atoms with Gasteiger partial charge in [0.2, 0.25) is 11.6 Å². The van der Waals surface area contributed by atoms with Gasteiger partial charge in [-0.15, -0.1) is 5.10 Å². The number of nitrogens with zero attached hydrogens (tertiary/aromatic N) is 5. The van der Waals surface area contributed by atoms with Crippen molar-refractivity contribution in [3.05, 3.63) is 99.0 Å². The van der Waals surface area contributed by atoms with E-state index in [1.165, 1.54) is 22.2 Å². The fourth-order valence-corrected chi connectivity index (χ4v) is 4.17. The molecule has 0 N–H and O–H groups in total. The lowest BCUT2D eigenvalue weighted by molar-refractivity contribution is 0.100. The second kappa shape index (κ2) is 7.56. The molecule has 0 aliphatic carbocycles.